The summed E-state index contributed by atoms with van der Waals surface area (Å²) in [6.45, 7) is 0. The molecule has 0 unspecified atom stereocenters. The van der Waals surface area contributed by atoms with E-state index in [2.05, 4.69) is 10.8 Å². The number of carbonyl (C=O) groups is 4. The number of ether oxygens (including phenoxy) is 4. The van der Waals surface area contributed by atoms with Gasteiger partial charge in [0.1, 0.15) is 23.2 Å². The first kappa shape index (κ1) is 29.0. The van der Waals surface area contributed by atoms with E-state index in [4.69, 9.17) is 14.2 Å². The first-order chi connectivity index (χ1) is 18.9. The Morgan fingerprint density at radius 3 is 1.26 bits per heavy atom. The van der Waals surface area contributed by atoms with Crippen molar-refractivity contribution in [1.29, 1.82) is 0 Å². The van der Waals surface area contributed by atoms with Crippen LogP contribution in [0.15, 0.2) is 107 Å². The molecule has 0 aliphatic heterocycles. The Labute approximate surface area is 227 Å². The van der Waals surface area contributed by atoms with Crippen molar-refractivity contribution in [2.24, 2.45) is 0 Å². The fraction of sp³-hybridized carbons (Fsp3) is 0.133. The lowest BCUT2D eigenvalue weighted by molar-refractivity contribution is -0.141. The highest BCUT2D eigenvalue weighted by atomic mass is 31.2. The van der Waals surface area contributed by atoms with Crippen LogP contribution in [0, 0.1) is 6.08 Å². The molecule has 3 rings (SSSR count). The Morgan fingerprint density at radius 2 is 0.923 bits per heavy atom. The highest BCUT2D eigenvalue weighted by Gasteiger charge is 2.54. The molecule has 9 heteroatoms. The average Bonchev–Trinajstić information content (AvgIpc) is 3.00. The number of carbonyl (C=O) groups excluding carboxylic acids is 4. The minimum absolute atomic E-state index is 0.183. The molecule has 200 valence electrons. The fourth-order valence-corrected chi connectivity index (χ4v) is 8.61. The zero-order chi connectivity index (χ0) is 28.4. The summed E-state index contributed by atoms with van der Waals surface area (Å²) in [6.07, 6.45) is 2.25. The lowest BCUT2D eigenvalue weighted by Gasteiger charge is -2.32. The minimum Gasteiger partial charge on any atom is -0.523 e. The summed E-state index contributed by atoms with van der Waals surface area (Å²) < 4.78 is 19.9. The maximum atomic E-state index is 13.9. The molecule has 0 fully saturated rings. The number of hydrogen-bond acceptors (Lipinski definition) is 8. The number of esters is 4. The molecule has 3 aromatic carbocycles. The molecule has 0 saturated heterocycles. The third-order valence-corrected chi connectivity index (χ3v) is 10.1. The number of rotatable bonds is 9. The van der Waals surface area contributed by atoms with E-state index < -0.39 is 42.3 Å². The van der Waals surface area contributed by atoms with Crippen LogP contribution in [0.3, 0.4) is 0 Å². The van der Waals surface area contributed by atoms with Gasteiger partial charge in [-0.3, -0.25) is 9.59 Å². The van der Waals surface area contributed by atoms with Gasteiger partial charge in [-0.1, -0.05) is 66.2 Å². The van der Waals surface area contributed by atoms with Crippen LogP contribution < -0.4 is 15.9 Å². The lowest BCUT2D eigenvalue weighted by atomic mass is 10.0. The highest BCUT2D eigenvalue weighted by Crippen LogP contribution is 2.64. The van der Waals surface area contributed by atoms with Gasteiger partial charge in [-0.25, -0.2) is 4.79 Å². The molecular weight excluding hydrogens is 519 g/mol. The van der Waals surface area contributed by atoms with E-state index in [1.54, 1.807) is 36.4 Å². The van der Waals surface area contributed by atoms with Crippen LogP contribution in [-0.4, -0.2) is 52.3 Å². The van der Waals surface area contributed by atoms with E-state index in [0.29, 0.717) is 15.9 Å². The largest absolute Gasteiger partial charge is 0.523 e. The third-order valence-electron chi connectivity index (χ3n) is 5.82. The van der Waals surface area contributed by atoms with Crippen molar-refractivity contribution in [2.45, 2.75) is 0 Å². The second-order valence-corrected chi connectivity index (χ2v) is 11.2. The third kappa shape index (κ3) is 5.81. The zero-order valence-electron chi connectivity index (χ0n) is 21.9. The van der Waals surface area contributed by atoms with E-state index >= 15 is 0 Å². The van der Waals surface area contributed by atoms with Crippen molar-refractivity contribution in [1.82, 2.24) is 0 Å². The summed E-state index contributed by atoms with van der Waals surface area (Å²) in [5, 5.41) is 1.83. The molecule has 0 aromatic heterocycles. The molecule has 0 radical (unpaired) electrons. The van der Waals surface area contributed by atoms with Crippen LogP contribution in [-0.2, 0) is 38.1 Å². The Bertz CT molecular complexity index is 1300. The van der Waals surface area contributed by atoms with E-state index in [1.807, 2.05) is 54.6 Å². The predicted octanol–water partition coefficient (Wildman–Crippen LogP) is 2.66. The first-order valence-electron chi connectivity index (χ1n) is 11.6. The maximum Gasteiger partial charge on any atom is 0.362 e. The number of hydrogen-bond donors (Lipinski definition) is 0. The molecule has 0 saturated carbocycles. The van der Waals surface area contributed by atoms with Crippen LogP contribution in [0.1, 0.15) is 0 Å². The molecule has 0 bridgehead atoms. The van der Waals surface area contributed by atoms with Gasteiger partial charge in [0, 0.05) is 5.57 Å². The Balaban J connectivity index is 2.75. The first-order valence-corrected chi connectivity index (χ1v) is 13.4. The quantitative estimate of drug-likeness (QED) is 0.101. The minimum atomic E-state index is -3.33. The van der Waals surface area contributed by atoms with Gasteiger partial charge in [-0.05, 0) is 36.4 Å². The maximum absolute atomic E-state index is 13.9. The summed E-state index contributed by atoms with van der Waals surface area (Å²) in [6, 6.07) is 27.3. The van der Waals surface area contributed by atoms with E-state index in [0.717, 1.165) is 21.3 Å². The highest BCUT2D eigenvalue weighted by molar-refractivity contribution is 7.99. The zero-order valence-corrected chi connectivity index (χ0v) is 22.8. The normalized spacial score (nSPS) is 12.1. The average molecular weight is 547 g/mol. The van der Waals surface area contributed by atoms with Crippen LogP contribution in [0.4, 0.5) is 0 Å². The molecule has 0 aliphatic rings. The SMILES string of the molecule is COC(=O)[C-]=C(C(=O)OC)/C(C(=O)OC)=C(/C(=O)OC)[P+](c1ccccc1)(c1ccccc1)c1ccccc1. The molecular formula is C30H27O8P. The standard InChI is InChI=1S/C30H27O8P/c1-35-25(31)20-24(28(32)36-2)26(29(33)37-3)27(30(34)38-4)39(21-14-8-5-9-15-21,22-16-10-6-11-17-22)23-18-12-7-13-19-23/h5-19H,1-4H3/b27-26+. The van der Waals surface area contributed by atoms with Crippen LogP contribution in [0.5, 0.6) is 0 Å². The van der Waals surface area contributed by atoms with Gasteiger partial charge in [0.2, 0.25) is 5.97 Å². The van der Waals surface area contributed by atoms with Gasteiger partial charge in [-0.2, -0.15) is 0 Å². The molecule has 0 N–H and O–H groups in total. The van der Waals surface area contributed by atoms with Crippen LogP contribution in [0.2, 0.25) is 0 Å². The van der Waals surface area contributed by atoms with Gasteiger partial charge in [-0.15, -0.1) is 0 Å². The smallest absolute Gasteiger partial charge is 0.362 e. The summed E-state index contributed by atoms with van der Waals surface area (Å²) in [4.78, 5) is 52.9. The van der Waals surface area contributed by atoms with Crippen molar-refractivity contribution in [3.63, 3.8) is 0 Å². The van der Waals surface area contributed by atoms with E-state index in [1.165, 1.54) is 7.11 Å². The summed E-state index contributed by atoms with van der Waals surface area (Å²) in [5.41, 5.74) is -1.16. The van der Waals surface area contributed by atoms with Gasteiger partial charge in [0.15, 0.2) is 5.31 Å². The fourth-order valence-electron chi connectivity index (χ4n) is 4.18. The van der Waals surface area contributed by atoms with Crippen molar-refractivity contribution < 1.29 is 38.1 Å². The van der Waals surface area contributed by atoms with Gasteiger partial charge < -0.3 is 23.7 Å². The molecule has 0 heterocycles. The monoisotopic (exact) mass is 546 g/mol. The summed E-state index contributed by atoms with van der Waals surface area (Å²) in [5.74, 6) is -4.15. The van der Waals surface area contributed by atoms with E-state index in [9.17, 15) is 19.2 Å². The molecule has 39 heavy (non-hydrogen) atoms. The van der Waals surface area contributed by atoms with Crippen LogP contribution >= 0.6 is 7.26 Å². The summed E-state index contributed by atoms with van der Waals surface area (Å²) in [7, 11) is 1.09. The topological polar surface area (TPSA) is 105 Å². The molecule has 0 atom stereocenters. The molecule has 8 nitrogen and oxygen atoms in total. The Hall–Kier alpha value is -4.55. The van der Waals surface area contributed by atoms with Gasteiger partial charge in [0.25, 0.3) is 11.9 Å². The van der Waals surface area contributed by atoms with Crippen molar-refractivity contribution >= 4 is 47.1 Å². The molecule has 0 spiro atoms. The lowest BCUT2D eigenvalue weighted by Crippen LogP contribution is -2.37. The molecule has 0 aliphatic carbocycles. The number of methoxy groups -OCH3 is 4. The van der Waals surface area contributed by atoms with Crippen LogP contribution in [0.25, 0.3) is 0 Å². The molecule has 0 amide bonds. The van der Waals surface area contributed by atoms with Crippen molar-refractivity contribution in [2.75, 3.05) is 28.4 Å². The Kier molecular flexibility index (Phi) is 9.90. The van der Waals surface area contributed by atoms with Gasteiger partial charge in [0.05, 0.1) is 28.4 Å². The summed E-state index contributed by atoms with van der Waals surface area (Å²) >= 11 is 0. The molecule has 3 aromatic rings. The number of benzene rings is 3. The van der Waals surface area contributed by atoms with E-state index in [-0.39, 0.29) is 5.31 Å². The van der Waals surface area contributed by atoms with Crippen molar-refractivity contribution in [3.05, 3.63) is 114 Å². The Morgan fingerprint density at radius 1 is 0.538 bits per heavy atom. The van der Waals surface area contributed by atoms with Crippen molar-refractivity contribution in [3.8, 4) is 0 Å². The predicted molar refractivity (Wildman–Crippen MR) is 147 cm³/mol. The second kappa shape index (κ2) is 13.3. The van der Waals surface area contributed by atoms with Gasteiger partial charge >= 0.3 is 5.97 Å². The second-order valence-electron chi connectivity index (χ2n) is 7.87.